The molecule has 1 heterocycles. The summed E-state index contributed by atoms with van der Waals surface area (Å²) in [6, 6.07) is 17.9. The van der Waals surface area contributed by atoms with Gasteiger partial charge in [-0.05, 0) is 32.3 Å². The molecule has 0 aliphatic heterocycles. The van der Waals surface area contributed by atoms with Gasteiger partial charge in [-0.1, -0.05) is 48.5 Å². The molecule has 4 heteroatoms. The Kier molecular flexibility index (Phi) is 2.81. The van der Waals surface area contributed by atoms with E-state index in [0.29, 0.717) is 11.4 Å². The smallest absolute Gasteiger partial charge is 0.332 e. The first kappa shape index (κ1) is 13.6. The minimum absolute atomic E-state index is 0.257. The summed E-state index contributed by atoms with van der Waals surface area (Å²) in [5.41, 5.74) is 1.80. The minimum atomic E-state index is 0.257. The van der Waals surface area contributed by atoms with Crippen molar-refractivity contribution >= 4 is 21.5 Å². The molecule has 4 nitrogen and oxygen atoms in total. The predicted octanol–water partition coefficient (Wildman–Crippen LogP) is 3.95. The first-order valence-electron chi connectivity index (χ1n) is 7.51. The van der Waals surface area contributed by atoms with Crippen molar-refractivity contribution in [3.8, 4) is 11.4 Å². The molecule has 1 N–H and O–H groups in total. The number of aromatic nitrogens is 2. The molecular weight excluding hydrogens is 288 g/mol. The summed E-state index contributed by atoms with van der Waals surface area (Å²) in [6.45, 7) is 3.45. The van der Waals surface area contributed by atoms with Crippen LogP contribution in [0, 0.1) is 19.1 Å². The zero-order chi connectivity index (χ0) is 16.1. The largest absolute Gasteiger partial charge is 0.710 e. The van der Waals surface area contributed by atoms with E-state index in [1.54, 1.807) is 13.8 Å². The fourth-order valence-corrected chi connectivity index (χ4v) is 3.17. The molecule has 0 aliphatic carbocycles. The van der Waals surface area contributed by atoms with Crippen molar-refractivity contribution in [2.45, 2.75) is 13.8 Å². The van der Waals surface area contributed by atoms with Gasteiger partial charge < -0.3 is 10.4 Å². The average molecular weight is 304 g/mol. The maximum atomic E-state index is 12.6. The lowest BCUT2D eigenvalue weighted by Gasteiger charge is -2.11. The Hall–Kier alpha value is -3.01. The van der Waals surface area contributed by atoms with Crippen molar-refractivity contribution in [1.29, 1.82) is 0 Å². The summed E-state index contributed by atoms with van der Waals surface area (Å²) >= 11 is 0. The third kappa shape index (κ3) is 1.81. The van der Waals surface area contributed by atoms with Gasteiger partial charge in [0.25, 0.3) is 0 Å². The lowest BCUT2D eigenvalue weighted by molar-refractivity contribution is -0.600. The van der Waals surface area contributed by atoms with Crippen LogP contribution in [-0.2, 0) is 0 Å². The van der Waals surface area contributed by atoms with E-state index in [1.165, 1.54) is 0 Å². The highest BCUT2D eigenvalue weighted by atomic mass is 16.5. The minimum Gasteiger partial charge on any atom is -0.710 e. The zero-order valence-corrected chi connectivity index (χ0v) is 12.9. The predicted molar refractivity (Wildman–Crippen MR) is 90.5 cm³/mol. The Morgan fingerprint density at radius 2 is 1.43 bits per heavy atom. The number of fused-ring (bicyclic) bond motifs is 2. The van der Waals surface area contributed by atoms with Crippen LogP contribution in [0.4, 0.5) is 0 Å². The molecule has 4 aromatic rings. The molecule has 0 radical (unpaired) electrons. The Morgan fingerprint density at radius 1 is 0.913 bits per heavy atom. The summed E-state index contributed by atoms with van der Waals surface area (Å²) in [6.07, 6.45) is 0. The quantitative estimate of drug-likeness (QED) is 0.250. The van der Waals surface area contributed by atoms with E-state index < -0.39 is 0 Å². The molecule has 0 fully saturated rings. The molecule has 23 heavy (non-hydrogen) atoms. The average Bonchev–Trinajstić information content (AvgIpc) is 2.76. The molecule has 0 saturated carbocycles. The van der Waals surface area contributed by atoms with Gasteiger partial charge in [-0.2, -0.15) is 0 Å². The third-order valence-corrected chi connectivity index (χ3v) is 4.53. The van der Waals surface area contributed by atoms with E-state index in [2.05, 4.69) is 6.07 Å². The standard InChI is InChI=1S/C19H16N2O2/c1-12-13(2)21(23)19(20(12)22)18-16-9-5-3-7-14(16)11-15-8-4-6-10-17(15)18/h3-11,22H,1-2H3. The summed E-state index contributed by atoms with van der Waals surface area (Å²) in [5, 5.41) is 27.1. The molecular formula is C19H16N2O2. The van der Waals surface area contributed by atoms with E-state index in [1.807, 2.05) is 48.5 Å². The maximum Gasteiger partial charge on any atom is 0.332 e. The molecule has 0 saturated heterocycles. The molecule has 114 valence electrons. The maximum absolute atomic E-state index is 12.6. The van der Waals surface area contributed by atoms with Crippen LogP contribution in [-0.4, -0.2) is 9.94 Å². The van der Waals surface area contributed by atoms with Crippen LogP contribution in [0.25, 0.3) is 32.9 Å². The number of hydrogen-bond donors (Lipinski definition) is 1. The van der Waals surface area contributed by atoms with Crippen molar-refractivity contribution in [3.05, 3.63) is 71.2 Å². The van der Waals surface area contributed by atoms with Crippen molar-refractivity contribution in [2.24, 2.45) is 0 Å². The van der Waals surface area contributed by atoms with E-state index >= 15 is 0 Å². The molecule has 0 atom stereocenters. The first-order chi connectivity index (χ1) is 11.1. The molecule has 3 aromatic carbocycles. The van der Waals surface area contributed by atoms with Crippen molar-refractivity contribution in [1.82, 2.24) is 4.73 Å². The van der Waals surface area contributed by atoms with Gasteiger partial charge in [0.05, 0.1) is 5.56 Å². The van der Waals surface area contributed by atoms with Crippen LogP contribution in [0.1, 0.15) is 11.4 Å². The normalized spacial score (nSPS) is 11.4. The van der Waals surface area contributed by atoms with Crippen LogP contribution in [0.15, 0.2) is 54.6 Å². The summed E-state index contributed by atoms with van der Waals surface area (Å²) < 4.78 is 1.81. The molecule has 0 aliphatic rings. The second-order valence-electron chi connectivity index (χ2n) is 5.79. The van der Waals surface area contributed by atoms with E-state index in [9.17, 15) is 10.4 Å². The van der Waals surface area contributed by atoms with Crippen molar-refractivity contribution in [2.75, 3.05) is 0 Å². The Morgan fingerprint density at radius 3 is 1.91 bits per heavy atom. The van der Waals surface area contributed by atoms with Gasteiger partial charge in [0.2, 0.25) is 0 Å². The lowest BCUT2D eigenvalue weighted by Crippen LogP contribution is -2.30. The van der Waals surface area contributed by atoms with Gasteiger partial charge in [0, 0.05) is 13.8 Å². The zero-order valence-electron chi connectivity index (χ0n) is 12.9. The fraction of sp³-hybridized carbons (Fsp3) is 0.105. The lowest BCUT2D eigenvalue weighted by atomic mass is 9.96. The second kappa shape index (κ2) is 4.74. The molecule has 0 bridgehead atoms. The van der Waals surface area contributed by atoms with Crippen molar-refractivity contribution in [3.63, 3.8) is 0 Å². The molecule has 0 amide bonds. The van der Waals surface area contributed by atoms with Crippen LogP contribution >= 0.6 is 0 Å². The van der Waals surface area contributed by atoms with E-state index in [-0.39, 0.29) is 5.82 Å². The highest BCUT2D eigenvalue weighted by molar-refractivity contribution is 6.11. The topological polar surface area (TPSA) is 52.1 Å². The van der Waals surface area contributed by atoms with Gasteiger partial charge in [0.1, 0.15) is 5.69 Å². The highest BCUT2D eigenvalue weighted by Crippen LogP contribution is 2.35. The number of hydrogen-bond acceptors (Lipinski definition) is 2. The van der Waals surface area contributed by atoms with Gasteiger partial charge in [0.15, 0.2) is 5.69 Å². The van der Waals surface area contributed by atoms with E-state index in [4.69, 9.17) is 0 Å². The van der Waals surface area contributed by atoms with Crippen molar-refractivity contribution < 1.29 is 9.94 Å². The molecule has 0 unspecified atom stereocenters. The summed E-state index contributed by atoms with van der Waals surface area (Å²) in [5.74, 6) is 0.257. The number of rotatable bonds is 1. The molecule has 4 rings (SSSR count). The molecule has 1 aromatic heterocycles. The van der Waals surface area contributed by atoms with Crippen LogP contribution in [0.3, 0.4) is 0 Å². The first-order valence-corrected chi connectivity index (χ1v) is 7.51. The number of benzene rings is 3. The number of imidazole rings is 1. The third-order valence-electron chi connectivity index (χ3n) is 4.53. The monoisotopic (exact) mass is 304 g/mol. The van der Waals surface area contributed by atoms with Gasteiger partial charge in [-0.3, -0.25) is 0 Å². The summed E-state index contributed by atoms with van der Waals surface area (Å²) in [7, 11) is 0. The van der Waals surface area contributed by atoms with Crippen LogP contribution in [0.2, 0.25) is 0 Å². The van der Waals surface area contributed by atoms with E-state index in [0.717, 1.165) is 36.6 Å². The Labute approximate surface area is 133 Å². The second-order valence-corrected chi connectivity index (χ2v) is 5.79. The van der Waals surface area contributed by atoms with Crippen LogP contribution < -0.4 is 4.73 Å². The van der Waals surface area contributed by atoms with Gasteiger partial charge in [-0.15, -0.1) is 0 Å². The number of nitrogens with zero attached hydrogens (tertiary/aromatic N) is 2. The highest BCUT2D eigenvalue weighted by Gasteiger charge is 2.27. The summed E-state index contributed by atoms with van der Waals surface area (Å²) in [4.78, 5) is 0. The SMILES string of the molecule is Cc1c(C)[n+]([O-])c(-c2c3ccccc3cc3ccccc23)n1O. The molecule has 0 spiro atoms. The Balaban J connectivity index is 2.27. The van der Waals surface area contributed by atoms with Gasteiger partial charge in [-0.25, -0.2) is 4.73 Å². The fourth-order valence-electron chi connectivity index (χ4n) is 3.17. The van der Waals surface area contributed by atoms with Gasteiger partial charge >= 0.3 is 5.82 Å². The Bertz CT molecular complexity index is 985. The van der Waals surface area contributed by atoms with Crippen LogP contribution in [0.5, 0.6) is 0 Å².